The lowest BCUT2D eigenvalue weighted by Crippen LogP contribution is -2.42. The number of carbonyl (C=O) groups is 3. The standard InChI is InChI=1S/C25H20N4O6/c1-15(23(31)27-25(26)33)34-21(30)12-11-17-14-29(18-8-3-2-4-9-18)28-22(17)19-13-16-7-5-6-10-20(16)35-24(19)32/h2-15H,1H3,(H3,26,27,31,33)/b12-11+. The Kier molecular flexibility index (Phi) is 6.54. The summed E-state index contributed by atoms with van der Waals surface area (Å²) < 4.78 is 12.0. The molecule has 176 valence electrons. The highest BCUT2D eigenvalue weighted by Gasteiger charge is 2.19. The van der Waals surface area contributed by atoms with Crippen molar-refractivity contribution < 1.29 is 23.5 Å². The predicted octanol–water partition coefficient (Wildman–Crippen LogP) is 2.79. The van der Waals surface area contributed by atoms with Crippen LogP contribution in [0, 0.1) is 0 Å². The van der Waals surface area contributed by atoms with Crippen LogP contribution in [0.25, 0.3) is 34.0 Å². The molecule has 3 amide bonds. The monoisotopic (exact) mass is 472 g/mol. The number of amides is 3. The number of para-hydroxylation sites is 2. The number of fused-ring (bicyclic) bond motifs is 1. The number of aromatic nitrogens is 2. The summed E-state index contributed by atoms with van der Waals surface area (Å²) in [5, 5.41) is 7.10. The number of benzene rings is 2. The molecule has 1 atom stereocenters. The fourth-order valence-corrected chi connectivity index (χ4v) is 3.31. The molecule has 0 aliphatic heterocycles. The summed E-state index contributed by atoms with van der Waals surface area (Å²) in [6.07, 6.45) is 2.90. The zero-order valence-corrected chi connectivity index (χ0v) is 18.5. The first-order valence-corrected chi connectivity index (χ1v) is 10.5. The first kappa shape index (κ1) is 23.2. The van der Waals surface area contributed by atoms with Gasteiger partial charge in [0.2, 0.25) is 0 Å². The van der Waals surface area contributed by atoms with Crippen molar-refractivity contribution in [1.82, 2.24) is 15.1 Å². The van der Waals surface area contributed by atoms with Gasteiger partial charge in [0, 0.05) is 23.2 Å². The highest BCUT2D eigenvalue weighted by Crippen LogP contribution is 2.25. The molecule has 3 N–H and O–H groups in total. The second-order valence-electron chi connectivity index (χ2n) is 7.46. The normalized spacial score (nSPS) is 11.9. The summed E-state index contributed by atoms with van der Waals surface area (Å²) >= 11 is 0. The maximum atomic E-state index is 12.8. The van der Waals surface area contributed by atoms with E-state index in [1.807, 2.05) is 41.7 Å². The first-order chi connectivity index (χ1) is 16.8. The lowest BCUT2D eigenvalue weighted by molar-refractivity contribution is -0.149. The third kappa shape index (κ3) is 5.33. The molecule has 0 fully saturated rings. The molecule has 2 aromatic carbocycles. The third-order valence-corrected chi connectivity index (χ3v) is 4.97. The zero-order chi connectivity index (χ0) is 24.9. The summed E-state index contributed by atoms with van der Waals surface area (Å²) in [4.78, 5) is 47.6. The van der Waals surface area contributed by atoms with Crippen molar-refractivity contribution in [3.8, 4) is 16.9 Å². The van der Waals surface area contributed by atoms with Crippen molar-refractivity contribution >= 4 is 35.0 Å². The Balaban J connectivity index is 1.70. The van der Waals surface area contributed by atoms with Gasteiger partial charge < -0.3 is 14.9 Å². The molecule has 0 saturated carbocycles. The number of nitrogens with one attached hydrogen (secondary N) is 1. The SMILES string of the molecule is CC(OC(=O)/C=C/c1cn(-c2ccccc2)nc1-c1cc2ccccc2oc1=O)C(=O)NC(N)=O. The van der Waals surface area contributed by atoms with E-state index in [-0.39, 0.29) is 11.3 Å². The van der Waals surface area contributed by atoms with E-state index in [0.29, 0.717) is 16.5 Å². The van der Waals surface area contributed by atoms with Crippen LogP contribution >= 0.6 is 0 Å². The quantitative estimate of drug-likeness (QED) is 0.249. The van der Waals surface area contributed by atoms with Crippen molar-refractivity contribution in [2.24, 2.45) is 5.73 Å². The number of rotatable bonds is 6. The fraction of sp³-hybridized carbons (Fsp3) is 0.0800. The Bertz CT molecular complexity index is 1500. The number of imide groups is 1. The van der Waals surface area contributed by atoms with Crippen LogP contribution in [-0.4, -0.2) is 33.8 Å². The average Bonchev–Trinajstić information content (AvgIpc) is 3.26. The van der Waals surface area contributed by atoms with E-state index in [9.17, 15) is 19.2 Å². The molecule has 1 unspecified atom stereocenters. The van der Waals surface area contributed by atoms with Gasteiger partial charge in [-0.1, -0.05) is 36.4 Å². The molecule has 4 aromatic rings. The van der Waals surface area contributed by atoms with E-state index in [2.05, 4.69) is 5.10 Å². The van der Waals surface area contributed by atoms with Crippen molar-refractivity contribution in [2.45, 2.75) is 13.0 Å². The van der Waals surface area contributed by atoms with Gasteiger partial charge in [-0.2, -0.15) is 5.10 Å². The lowest BCUT2D eigenvalue weighted by atomic mass is 10.1. The summed E-state index contributed by atoms with van der Waals surface area (Å²) in [7, 11) is 0. The topological polar surface area (TPSA) is 147 Å². The van der Waals surface area contributed by atoms with Gasteiger partial charge >= 0.3 is 17.6 Å². The second kappa shape index (κ2) is 9.87. The molecule has 0 aliphatic carbocycles. The maximum Gasteiger partial charge on any atom is 0.345 e. The fourth-order valence-electron chi connectivity index (χ4n) is 3.31. The van der Waals surface area contributed by atoms with E-state index in [1.54, 1.807) is 35.1 Å². The number of primary amides is 1. The Hall–Kier alpha value is -4.99. The summed E-state index contributed by atoms with van der Waals surface area (Å²) in [5.74, 6) is -1.70. The Morgan fingerprint density at radius 2 is 1.83 bits per heavy atom. The van der Waals surface area contributed by atoms with Gasteiger partial charge in [0.25, 0.3) is 5.91 Å². The van der Waals surface area contributed by atoms with Crippen LogP contribution in [0.2, 0.25) is 0 Å². The number of nitrogens with zero attached hydrogens (tertiary/aromatic N) is 2. The molecule has 0 radical (unpaired) electrons. The average molecular weight is 472 g/mol. The van der Waals surface area contributed by atoms with Crippen LogP contribution in [0.5, 0.6) is 0 Å². The third-order valence-electron chi connectivity index (χ3n) is 4.97. The molecule has 10 heteroatoms. The lowest BCUT2D eigenvalue weighted by Gasteiger charge is -2.10. The minimum absolute atomic E-state index is 0.209. The number of urea groups is 1. The molecule has 0 aliphatic rings. The van der Waals surface area contributed by atoms with Gasteiger partial charge in [0.1, 0.15) is 11.3 Å². The van der Waals surface area contributed by atoms with E-state index in [1.165, 1.54) is 13.0 Å². The van der Waals surface area contributed by atoms with E-state index < -0.39 is 29.6 Å². The molecular formula is C25H20N4O6. The van der Waals surface area contributed by atoms with Crippen LogP contribution in [0.3, 0.4) is 0 Å². The van der Waals surface area contributed by atoms with Crippen molar-refractivity contribution in [3.05, 3.63) is 88.9 Å². The number of hydrogen-bond donors (Lipinski definition) is 2. The van der Waals surface area contributed by atoms with Gasteiger partial charge in [-0.3, -0.25) is 10.1 Å². The van der Waals surface area contributed by atoms with Crippen molar-refractivity contribution in [2.75, 3.05) is 0 Å². The number of hydrogen-bond acceptors (Lipinski definition) is 7. The molecule has 0 spiro atoms. The van der Waals surface area contributed by atoms with Gasteiger partial charge in [-0.25, -0.2) is 19.1 Å². The molecule has 2 heterocycles. The zero-order valence-electron chi connectivity index (χ0n) is 18.5. The van der Waals surface area contributed by atoms with E-state index >= 15 is 0 Å². The van der Waals surface area contributed by atoms with Crippen LogP contribution in [-0.2, 0) is 14.3 Å². The maximum absolute atomic E-state index is 12.8. The molecule has 2 aromatic heterocycles. The van der Waals surface area contributed by atoms with Crippen LogP contribution in [0.4, 0.5) is 4.79 Å². The minimum atomic E-state index is -1.25. The van der Waals surface area contributed by atoms with Gasteiger partial charge in [-0.15, -0.1) is 0 Å². The minimum Gasteiger partial charge on any atom is -0.449 e. The Morgan fingerprint density at radius 1 is 1.11 bits per heavy atom. The number of esters is 1. The predicted molar refractivity (Wildman–Crippen MR) is 127 cm³/mol. The number of nitrogens with two attached hydrogens (primary N) is 1. The molecule has 0 saturated heterocycles. The van der Waals surface area contributed by atoms with Gasteiger partial charge in [-0.05, 0) is 37.3 Å². The molecule has 0 bridgehead atoms. The van der Waals surface area contributed by atoms with Crippen LogP contribution in [0.15, 0.2) is 82.1 Å². The highest BCUT2D eigenvalue weighted by molar-refractivity contribution is 5.97. The second-order valence-corrected chi connectivity index (χ2v) is 7.46. The smallest absolute Gasteiger partial charge is 0.345 e. The highest BCUT2D eigenvalue weighted by atomic mass is 16.5. The summed E-state index contributed by atoms with van der Waals surface area (Å²) in [6, 6.07) is 16.9. The van der Waals surface area contributed by atoms with Gasteiger partial charge in [0.05, 0.1) is 11.3 Å². The molecule has 4 rings (SSSR count). The molecular weight excluding hydrogens is 452 g/mol. The van der Waals surface area contributed by atoms with Crippen LogP contribution < -0.4 is 16.7 Å². The molecule has 10 nitrogen and oxygen atoms in total. The van der Waals surface area contributed by atoms with Crippen LogP contribution in [0.1, 0.15) is 12.5 Å². The summed E-state index contributed by atoms with van der Waals surface area (Å²) in [5.41, 5.74) is 6.41. The summed E-state index contributed by atoms with van der Waals surface area (Å²) in [6.45, 7) is 1.29. The number of carbonyl (C=O) groups excluding carboxylic acids is 3. The number of ether oxygens (including phenoxy) is 1. The Morgan fingerprint density at radius 3 is 2.57 bits per heavy atom. The first-order valence-electron chi connectivity index (χ1n) is 10.5. The van der Waals surface area contributed by atoms with Crippen molar-refractivity contribution in [1.29, 1.82) is 0 Å². The Labute approximate surface area is 198 Å². The largest absolute Gasteiger partial charge is 0.449 e. The van der Waals surface area contributed by atoms with Crippen molar-refractivity contribution in [3.63, 3.8) is 0 Å². The van der Waals surface area contributed by atoms with Gasteiger partial charge in [0.15, 0.2) is 6.10 Å². The van der Waals surface area contributed by atoms with E-state index in [4.69, 9.17) is 14.9 Å². The van der Waals surface area contributed by atoms with E-state index in [0.717, 1.165) is 11.8 Å². The molecule has 35 heavy (non-hydrogen) atoms.